The zero-order chi connectivity index (χ0) is 17.8. The van der Waals surface area contributed by atoms with Gasteiger partial charge in [-0.1, -0.05) is 39.0 Å². The maximum absolute atomic E-state index is 12.7. The van der Waals surface area contributed by atoms with E-state index in [9.17, 15) is 4.79 Å². The standard InChI is InChI=1S/C21H25N3O/c1-21(2,3)13-24-18-11-10-17(22-19(18)23(4)20(24)25)16-7-5-6-15(12-16)14-8-9-14/h5-7,10-12,14H,8-9,13H2,1-4H3/p+1. The van der Waals surface area contributed by atoms with E-state index in [0.29, 0.717) is 0 Å². The number of quaternary nitrogens is 1. The minimum absolute atomic E-state index is 0.0741. The fraction of sp³-hybridized carbons (Fsp3) is 0.429. The number of carbonyl (C=O) groups excluding carboxylic acids is 1. The van der Waals surface area contributed by atoms with Crippen LogP contribution in [-0.2, 0) is 0 Å². The first kappa shape index (κ1) is 16.3. The second kappa shape index (κ2) is 5.67. The molecule has 1 aliphatic carbocycles. The van der Waals surface area contributed by atoms with E-state index in [4.69, 9.17) is 4.98 Å². The summed E-state index contributed by atoms with van der Waals surface area (Å²) < 4.78 is 0. The van der Waals surface area contributed by atoms with Crippen LogP contribution in [-0.4, -0.2) is 24.6 Å². The number of urea groups is 1. The average Bonchev–Trinajstić information content (AvgIpc) is 3.39. The molecule has 1 fully saturated rings. The Kier molecular flexibility index (Phi) is 3.69. The summed E-state index contributed by atoms with van der Waals surface area (Å²) in [6.07, 6.45) is 2.59. The van der Waals surface area contributed by atoms with Gasteiger partial charge in [-0.2, -0.15) is 0 Å². The molecule has 1 unspecified atom stereocenters. The van der Waals surface area contributed by atoms with Gasteiger partial charge in [-0.15, -0.1) is 0 Å². The Labute approximate surface area is 149 Å². The zero-order valence-corrected chi connectivity index (χ0v) is 15.5. The normalized spacial score (nSPS) is 20.1. The van der Waals surface area contributed by atoms with Gasteiger partial charge in [0.15, 0.2) is 5.69 Å². The average molecular weight is 336 g/mol. The van der Waals surface area contributed by atoms with E-state index < -0.39 is 0 Å². The molecule has 4 rings (SSSR count). The van der Waals surface area contributed by atoms with Crippen LogP contribution in [0.1, 0.15) is 45.1 Å². The van der Waals surface area contributed by atoms with Crippen LogP contribution in [0.3, 0.4) is 0 Å². The second-order valence-electron chi connectivity index (χ2n) is 8.55. The third-order valence-electron chi connectivity index (χ3n) is 5.02. The van der Waals surface area contributed by atoms with Crippen LogP contribution in [0.15, 0.2) is 36.4 Å². The lowest BCUT2D eigenvalue weighted by atomic mass is 9.96. The van der Waals surface area contributed by atoms with Crippen molar-refractivity contribution in [3.8, 4) is 11.3 Å². The highest BCUT2D eigenvalue weighted by molar-refractivity contribution is 5.94. The van der Waals surface area contributed by atoms with Gasteiger partial charge in [0.25, 0.3) is 0 Å². The molecular weight excluding hydrogens is 310 g/mol. The largest absolute Gasteiger partial charge is 0.428 e. The number of benzene rings is 1. The Morgan fingerprint density at radius 3 is 2.64 bits per heavy atom. The summed E-state index contributed by atoms with van der Waals surface area (Å²) in [7, 11) is 1.83. The van der Waals surface area contributed by atoms with Gasteiger partial charge in [0.2, 0.25) is 5.82 Å². The minimum atomic E-state index is 0.0741. The first-order valence-corrected chi connectivity index (χ1v) is 9.09. The van der Waals surface area contributed by atoms with Crippen molar-refractivity contribution >= 4 is 17.5 Å². The monoisotopic (exact) mass is 336 g/mol. The van der Waals surface area contributed by atoms with Crippen molar-refractivity contribution in [1.29, 1.82) is 0 Å². The number of aromatic nitrogens is 1. The number of rotatable bonds is 3. The summed E-state index contributed by atoms with van der Waals surface area (Å²) in [5, 5.41) is 0. The predicted octanol–water partition coefficient (Wildman–Crippen LogP) is 3.76. The SMILES string of the molecule is CN1C(=O)[NH+](CC(C)(C)C)c2ccc(-c3cccc(C4CC4)c3)nc21. The molecule has 1 aliphatic heterocycles. The van der Waals surface area contributed by atoms with Gasteiger partial charge in [-0.25, -0.2) is 19.6 Å². The fourth-order valence-corrected chi connectivity index (χ4v) is 3.58. The highest BCUT2D eigenvalue weighted by atomic mass is 16.2. The van der Waals surface area contributed by atoms with E-state index in [0.717, 1.165) is 40.1 Å². The molecule has 4 heteroatoms. The molecule has 2 aliphatic rings. The number of anilines is 1. The molecule has 2 amide bonds. The van der Waals surface area contributed by atoms with Gasteiger partial charge in [0.05, 0.1) is 12.2 Å². The quantitative estimate of drug-likeness (QED) is 0.927. The molecule has 1 N–H and O–H groups in total. The maximum Gasteiger partial charge on any atom is 0.428 e. The van der Waals surface area contributed by atoms with E-state index in [1.54, 1.807) is 4.90 Å². The number of hydrogen-bond acceptors (Lipinski definition) is 2. The van der Waals surface area contributed by atoms with Crippen LogP contribution in [0.25, 0.3) is 11.3 Å². The van der Waals surface area contributed by atoms with Crippen LogP contribution in [0, 0.1) is 5.41 Å². The smallest absolute Gasteiger partial charge is 0.243 e. The van der Waals surface area contributed by atoms with Gasteiger partial charge in [0, 0.05) is 24.1 Å². The van der Waals surface area contributed by atoms with Crippen molar-refractivity contribution in [3.63, 3.8) is 0 Å². The number of hydrogen-bond donors (Lipinski definition) is 1. The molecule has 0 saturated heterocycles. The second-order valence-corrected chi connectivity index (χ2v) is 8.55. The number of nitrogens with zero attached hydrogens (tertiary/aromatic N) is 2. The third-order valence-corrected chi connectivity index (χ3v) is 5.02. The van der Waals surface area contributed by atoms with E-state index in [1.807, 2.05) is 7.05 Å². The maximum atomic E-state index is 12.7. The number of carbonyl (C=O) groups is 1. The van der Waals surface area contributed by atoms with E-state index >= 15 is 0 Å². The molecule has 2 heterocycles. The van der Waals surface area contributed by atoms with E-state index in [1.165, 1.54) is 18.4 Å². The molecule has 0 radical (unpaired) electrons. The molecule has 130 valence electrons. The minimum Gasteiger partial charge on any atom is -0.243 e. The summed E-state index contributed by atoms with van der Waals surface area (Å²) in [6.45, 7) is 7.25. The lowest BCUT2D eigenvalue weighted by Gasteiger charge is -2.21. The van der Waals surface area contributed by atoms with Crippen molar-refractivity contribution in [2.24, 2.45) is 5.41 Å². The Balaban J connectivity index is 1.71. The Hall–Kier alpha value is -2.20. The van der Waals surface area contributed by atoms with Crippen molar-refractivity contribution < 1.29 is 9.69 Å². The molecule has 1 aromatic carbocycles. The summed E-state index contributed by atoms with van der Waals surface area (Å²) in [6, 6.07) is 12.9. The first-order valence-electron chi connectivity index (χ1n) is 9.09. The van der Waals surface area contributed by atoms with E-state index in [2.05, 4.69) is 57.2 Å². The van der Waals surface area contributed by atoms with Crippen molar-refractivity contribution in [1.82, 2.24) is 4.98 Å². The zero-order valence-electron chi connectivity index (χ0n) is 15.5. The molecule has 2 aromatic rings. The lowest BCUT2D eigenvalue weighted by molar-refractivity contribution is -0.745. The van der Waals surface area contributed by atoms with Crippen LogP contribution < -0.4 is 9.80 Å². The molecule has 1 atom stereocenters. The molecule has 25 heavy (non-hydrogen) atoms. The van der Waals surface area contributed by atoms with Crippen molar-refractivity contribution in [2.45, 2.75) is 39.5 Å². The van der Waals surface area contributed by atoms with Gasteiger partial charge in [-0.3, -0.25) is 0 Å². The Morgan fingerprint density at radius 1 is 1.20 bits per heavy atom. The van der Waals surface area contributed by atoms with Crippen LogP contribution in [0.2, 0.25) is 0 Å². The van der Waals surface area contributed by atoms with Crippen molar-refractivity contribution in [3.05, 3.63) is 42.0 Å². The summed E-state index contributed by atoms with van der Waals surface area (Å²) in [5.74, 6) is 1.52. The predicted molar refractivity (Wildman–Crippen MR) is 100 cm³/mol. The molecule has 1 saturated carbocycles. The van der Waals surface area contributed by atoms with Gasteiger partial charge in [-0.05, 0) is 36.5 Å². The highest BCUT2D eigenvalue weighted by Gasteiger charge is 2.41. The van der Waals surface area contributed by atoms with Gasteiger partial charge in [0.1, 0.15) is 0 Å². The molecule has 0 spiro atoms. The summed E-state index contributed by atoms with van der Waals surface area (Å²) in [4.78, 5) is 20.1. The van der Waals surface area contributed by atoms with Gasteiger partial charge >= 0.3 is 6.03 Å². The molecule has 4 nitrogen and oxygen atoms in total. The van der Waals surface area contributed by atoms with Crippen LogP contribution in [0.4, 0.5) is 16.3 Å². The topological polar surface area (TPSA) is 37.6 Å². The van der Waals surface area contributed by atoms with Crippen LogP contribution in [0.5, 0.6) is 0 Å². The number of amides is 2. The number of pyridine rings is 1. The molecule has 0 bridgehead atoms. The Morgan fingerprint density at radius 2 is 1.96 bits per heavy atom. The fourth-order valence-electron chi connectivity index (χ4n) is 3.58. The third kappa shape index (κ3) is 3.07. The van der Waals surface area contributed by atoms with Crippen molar-refractivity contribution in [2.75, 3.05) is 18.5 Å². The number of nitrogens with one attached hydrogen (secondary N) is 1. The summed E-state index contributed by atoms with van der Waals surface area (Å²) >= 11 is 0. The Bertz CT molecular complexity index is 833. The van der Waals surface area contributed by atoms with E-state index in [-0.39, 0.29) is 11.4 Å². The number of fused-ring (bicyclic) bond motifs is 1. The van der Waals surface area contributed by atoms with Crippen LogP contribution >= 0.6 is 0 Å². The lowest BCUT2D eigenvalue weighted by Crippen LogP contribution is -3.10. The molecular formula is C21H26N3O+. The summed E-state index contributed by atoms with van der Waals surface area (Å²) in [5.41, 5.74) is 4.55. The first-order chi connectivity index (χ1) is 11.8. The molecule has 1 aromatic heterocycles. The van der Waals surface area contributed by atoms with Gasteiger partial charge < -0.3 is 0 Å². The highest BCUT2D eigenvalue weighted by Crippen LogP contribution is 2.41.